The van der Waals surface area contributed by atoms with Crippen LogP contribution in [-0.4, -0.2) is 28.6 Å². The van der Waals surface area contributed by atoms with E-state index >= 15 is 0 Å². The summed E-state index contributed by atoms with van der Waals surface area (Å²) in [5.74, 6) is -0.728. The first-order valence-corrected chi connectivity index (χ1v) is 8.23. The van der Waals surface area contributed by atoms with E-state index in [0.717, 1.165) is 44.2 Å². The molecule has 2 atom stereocenters. The summed E-state index contributed by atoms with van der Waals surface area (Å²) in [4.78, 5) is 13.6. The van der Waals surface area contributed by atoms with E-state index in [9.17, 15) is 9.90 Å². The first kappa shape index (κ1) is 16.6. The second kappa shape index (κ2) is 7.48. The second-order valence-corrected chi connectivity index (χ2v) is 6.38. The first-order chi connectivity index (χ1) is 10.0. The fourth-order valence-electron chi connectivity index (χ4n) is 3.07. The highest BCUT2D eigenvalue weighted by atomic mass is 35.5. The van der Waals surface area contributed by atoms with Gasteiger partial charge in [0.15, 0.2) is 0 Å². The van der Waals surface area contributed by atoms with Gasteiger partial charge in [-0.25, -0.2) is 0 Å². The predicted octanol–water partition coefficient (Wildman–Crippen LogP) is 4.77. The largest absolute Gasteiger partial charge is 0.480 e. The Bertz CT molecular complexity index is 507. The molecule has 0 radical (unpaired) electrons. The molecule has 2 unspecified atom stereocenters. The van der Waals surface area contributed by atoms with Gasteiger partial charge in [0.05, 0.1) is 10.0 Å². The van der Waals surface area contributed by atoms with E-state index in [2.05, 4.69) is 11.8 Å². The van der Waals surface area contributed by atoms with E-state index in [1.54, 1.807) is 6.07 Å². The van der Waals surface area contributed by atoms with Gasteiger partial charge in [-0.2, -0.15) is 0 Å². The minimum absolute atomic E-state index is 0.100. The molecule has 0 saturated carbocycles. The molecular weight excluding hydrogens is 309 g/mol. The third-order valence-electron chi connectivity index (χ3n) is 4.14. The summed E-state index contributed by atoms with van der Waals surface area (Å²) in [7, 11) is 0. The van der Waals surface area contributed by atoms with Crippen molar-refractivity contribution in [3.63, 3.8) is 0 Å². The van der Waals surface area contributed by atoms with Gasteiger partial charge >= 0.3 is 5.97 Å². The predicted molar refractivity (Wildman–Crippen MR) is 86.1 cm³/mol. The normalized spacial score (nSPS) is 20.6. The van der Waals surface area contributed by atoms with Crippen LogP contribution in [0.2, 0.25) is 10.0 Å². The van der Waals surface area contributed by atoms with Crippen LogP contribution in [0.1, 0.15) is 50.6 Å². The molecule has 0 amide bonds. The van der Waals surface area contributed by atoms with Crippen LogP contribution in [0.25, 0.3) is 0 Å². The number of aliphatic carboxylic acids is 1. The van der Waals surface area contributed by atoms with Crippen molar-refractivity contribution in [3.05, 3.63) is 33.8 Å². The van der Waals surface area contributed by atoms with Gasteiger partial charge in [0, 0.05) is 6.04 Å². The number of carboxylic acids is 1. The van der Waals surface area contributed by atoms with Crippen molar-refractivity contribution in [1.82, 2.24) is 4.90 Å². The van der Waals surface area contributed by atoms with Gasteiger partial charge in [0.1, 0.15) is 6.04 Å². The van der Waals surface area contributed by atoms with Crippen LogP contribution >= 0.6 is 23.2 Å². The lowest BCUT2D eigenvalue weighted by Crippen LogP contribution is -2.38. The summed E-state index contributed by atoms with van der Waals surface area (Å²) in [5.41, 5.74) is 1.06. The number of benzene rings is 1. The van der Waals surface area contributed by atoms with Gasteiger partial charge < -0.3 is 5.11 Å². The van der Waals surface area contributed by atoms with E-state index in [1.165, 1.54) is 0 Å². The van der Waals surface area contributed by atoms with E-state index < -0.39 is 5.97 Å². The average Bonchev–Trinajstić information content (AvgIpc) is 2.92. The van der Waals surface area contributed by atoms with Crippen LogP contribution in [-0.2, 0) is 4.79 Å². The van der Waals surface area contributed by atoms with E-state index in [4.69, 9.17) is 23.2 Å². The molecule has 3 nitrogen and oxygen atoms in total. The number of carbonyl (C=O) groups is 1. The van der Waals surface area contributed by atoms with Crippen LogP contribution < -0.4 is 0 Å². The van der Waals surface area contributed by atoms with Crippen LogP contribution in [0.5, 0.6) is 0 Å². The molecule has 1 aliphatic heterocycles. The molecule has 1 aromatic rings. The van der Waals surface area contributed by atoms with E-state index in [1.807, 2.05) is 12.1 Å². The summed E-state index contributed by atoms with van der Waals surface area (Å²) < 4.78 is 0. The third kappa shape index (κ3) is 3.91. The Balaban J connectivity index is 2.28. The Morgan fingerprint density at radius 3 is 2.81 bits per heavy atom. The number of carboxylic acid groups (broad SMARTS) is 1. The van der Waals surface area contributed by atoms with Crippen LogP contribution in [0.4, 0.5) is 0 Å². The monoisotopic (exact) mass is 329 g/mol. The Morgan fingerprint density at radius 2 is 2.19 bits per heavy atom. The van der Waals surface area contributed by atoms with Gasteiger partial charge in [-0.1, -0.05) is 49.0 Å². The van der Waals surface area contributed by atoms with Crippen LogP contribution in [0.3, 0.4) is 0 Å². The maximum Gasteiger partial charge on any atom is 0.320 e. The van der Waals surface area contributed by atoms with Crippen molar-refractivity contribution in [2.75, 3.05) is 6.54 Å². The lowest BCUT2D eigenvalue weighted by atomic mass is 9.98. The highest BCUT2D eigenvalue weighted by molar-refractivity contribution is 6.42. The SMILES string of the molecule is CCCCC(c1ccc(Cl)c(Cl)c1)N1CCCC1C(=O)O. The number of unbranched alkanes of at least 4 members (excludes halogenated alkanes) is 1. The number of likely N-dealkylation sites (tertiary alicyclic amines) is 1. The van der Waals surface area contributed by atoms with Crippen LogP contribution in [0, 0.1) is 0 Å². The van der Waals surface area contributed by atoms with Crippen LogP contribution in [0.15, 0.2) is 18.2 Å². The highest BCUT2D eigenvalue weighted by Crippen LogP contribution is 2.35. The van der Waals surface area contributed by atoms with Gasteiger partial charge in [0.25, 0.3) is 0 Å². The van der Waals surface area contributed by atoms with Gasteiger partial charge in [-0.05, 0) is 43.5 Å². The molecule has 0 aliphatic carbocycles. The van der Waals surface area contributed by atoms with Crippen molar-refractivity contribution in [2.24, 2.45) is 0 Å². The maximum absolute atomic E-state index is 11.5. The van der Waals surface area contributed by atoms with E-state index in [0.29, 0.717) is 10.0 Å². The fraction of sp³-hybridized carbons (Fsp3) is 0.562. The quantitative estimate of drug-likeness (QED) is 0.816. The van der Waals surface area contributed by atoms with Crippen molar-refractivity contribution < 1.29 is 9.90 Å². The Morgan fingerprint density at radius 1 is 1.43 bits per heavy atom. The standard InChI is InChI=1S/C16H21Cl2NO2/c1-2-3-5-14(11-7-8-12(17)13(18)10-11)19-9-4-6-15(19)16(20)21/h7-8,10,14-15H,2-6,9H2,1H3,(H,20,21). The van der Waals surface area contributed by atoms with Crippen molar-refractivity contribution in [2.45, 2.75) is 51.1 Å². The molecule has 1 aliphatic rings. The van der Waals surface area contributed by atoms with Crippen molar-refractivity contribution in [3.8, 4) is 0 Å². The maximum atomic E-state index is 11.5. The summed E-state index contributed by atoms with van der Waals surface area (Å²) >= 11 is 12.1. The molecule has 1 fully saturated rings. The number of halogens is 2. The highest BCUT2D eigenvalue weighted by Gasteiger charge is 2.35. The first-order valence-electron chi connectivity index (χ1n) is 7.48. The molecule has 1 aromatic carbocycles. The van der Waals surface area contributed by atoms with Gasteiger partial charge in [-0.3, -0.25) is 9.69 Å². The summed E-state index contributed by atoms with van der Waals surface area (Å²) in [6.07, 6.45) is 4.75. The molecule has 21 heavy (non-hydrogen) atoms. The minimum atomic E-state index is -0.728. The zero-order valence-corrected chi connectivity index (χ0v) is 13.7. The van der Waals surface area contributed by atoms with Gasteiger partial charge in [0.2, 0.25) is 0 Å². The molecule has 1 N–H and O–H groups in total. The lowest BCUT2D eigenvalue weighted by molar-refractivity contribution is -0.143. The molecule has 1 saturated heterocycles. The molecule has 116 valence electrons. The number of nitrogens with zero attached hydrogens (tertiary/aromatic N) is 1. The molecule has 5 heteroatoms. The lowest BCUT2D eigenvalue weighted by Gasteiger charge is -2.31. The molecule has 0 aromatic heterocycles. The van der Waals surface area contributed by atoms with Gasteiger partial charge in [-0.15, -0.1) is 0 Å². The Hall–Kier alpha value is -0.770. The summed E-state index contributed by atoms with van der Waals surface area (Å²) in [6, 6.07) is 5.35. The second-order valence-electron chi connectivity index (χ2n) is 5.57. The number of hydrogen-bond acceptors (Lipinski definition) is 2. The zero-order valence-electron chi connectivity index (χ0n) is 12.2. The van der Waals surface area contributed by atoms with Crippen molar-refractivity contribution >= 4 is 29.2 Å². The smallest absolute Gasteiger partial charge is 0.320 e. The average molecular weight is 330 g/mol. The summed E-state index contributed by atoms with van der Waals surface area (Å²) in [6.45, 7) is 2.97. The third-order valence-corrected chi connectivity index (χ3v) is 4.88. The molecule has 0 bridgehead atoms. The summed E-state index contributed by atoms with van der Waals surface area (Å²) in [5, 5.41) is 10.5. The number of rotatable bonds is 6. The molecule has 0 spiro atoms. The topological polar surface area (TPSA) is 40.5 Å². The zero-order chi connectivity index (χ0) is 15.4. The minimum Gasteiger partial charge on any atom is -0.480 e. The molecular formula is C16H21Cl2NO2. The number of hydrogen-bond donors (Lipinski definition) is 1. The fourth-order valence-corrected chi connectivity index (χ4v) is 3.37. The molecule has 1 heterocycles. The Kier molecular flexibility index (Phi) is 5.91. The van der Waals surface area contributed by atoms with E-state index in [-0.39, 0.29) is 12.1 Å². The van der Waals surface area contributed by atoms with Crippen molar-refractivity contribution in [1.29, 1.82) is 0 Å². The Labute approximate surface area is 135 Å². The molecule has 2 rings (SSSR count).